The van der Waals surface area contributed by atoms with E-state index in [0.29, 0.717) is 26.4 Å². The second-order valence-electron chi connectivity index (χ2n) is 4.83. The van der Waals surface area contributed by atoms with Gasteiger partial charge in [0.1, 0.15) is 26.4 Å². The Hall–Kier alpha value is -1.88. The van der Waals surface area contributed by atoms with Gasteiger partial charge in [0.05, 0.1) is 0 Å². The summed E-state index contributed by atoms with van der Waals surface area (Å²) in [6.07, 6.45) is 0. The van der Waals surface area contributed by atoms with Crippen molar-refractivity contribution < 1.29 is 18.9 Å². The second-order valence-corrected chi connectivity index (χ2v) is 5.69. The average Bonchev–Trinajstić information content (AvgIpc) is 2.54. The largest absolute Gasteiger partial charge is 0.486 e. The van der Waals surface area contributed by atoms with Crippen LogP contribution in [0.3, 0.4) is 0 Å². The fourth-order valence-electron chi connectivity index (χ4n) is 2.50. The molecule has 0 aliphatic carbocycles. The first kappa shape index (κ1) is 12.8. The van der Waals surface area contributed by atoms with Crippen LogP contribution in [0.25, 0.3) is 11.1 Å². The van der Waals surface area contributed by atoms with Crippen LogP contribution < -0.4 is 18.9 Å². The normalized spacial score (nSPS) is 15.7. The van der Waals surface area contributed by atoms with Gasteiger partial charge in [0.25, 0.3) is 0 Å². The van der Waals surface area contributed by atoms with Crippen molar-refractivity contribution in [3.8, 4) is 34.1 Å². The van der Waals surface area contributed by atoms with Crippen molar-refractivity contribution in [2.75, 3.05) is 26.4 Å². The number of hydrogen-bond acceptors (Lipinski definition) is 4. The Labute approximate surface area is 130 Å². The molecule has 2 aromatic carbocycles. The molecule has 0 radical (unpaired) electrons. The maximum atomic E-state index is 5.65. The third-order valence-electron chi connectivity index (χ3n) is 3.49. The van der Waals surface area contributed by atoms with E-state index in [9.17, 15) is 0 Å². The predicted molar refractivity (Wildman–Crippen MR) is 81.6 cm³/mol. The van der Waals surface area contributed by atoms with Crippen LogP contribution in [0.5, 0.6) is 23.0 Å². The van der Waals surface area contributed by atoms with Crippen LogP contribution in [0.1, 0.15) is 0 Å². The third-order valence-corrected chi connectivity index (χ3v) is 4.14. The molecule has 0 aromatic heterocycles. The maximum absolute atomic E-state index is 5.65. The van der Waals surface area contributed by atoms with Gasteiger partial charge in [0.2, 0.25) is 0 Å². The minimum absolute atomic E-state index is 0.579. The molecule has 0 N–H and O–H groups in total. The van der Waals surface area contributed by atoms with Crippen LogP contribution in [0.2, 0.25) is 0 Å². The highest BCUT2D eigenvalue weighted by Gasteiger charge is 2.18. The van der Waals surface area contributed by atoms with Gasteiger partial charge in [-0.2, -0.15) is 0 Å². The van der Waals surface area contributed by atoms with Crippen LogP contribution >= 0.6 is 15.9 Å². The Bertz CT molecular complexity index is 699. The minimum Gasteiger partial charge on any atom is -0.486 e. The average molecular weight is 349 g/mol. The van der Waals surface area contributed by atoms with Crippen molar-refractivity contribution in [1.29, 1.82) is 0 Å². The van der Waals surface area contributed by atoms with Crippen LogP contribution in [-0.2, 0) is 0 Å². The lowest BCUT2D eigenvalue weighted by Crippen LogP contribution is -2.15. The first-order valence-corrected chi connectivity index (χ1v) is 7.60. The molecule has 2 aliphatic rings. The number of benzene rings is 2. The van der Waals surface area contributed by atoms with Gasteiger partial charge in [-0.25, -0.2) is 0 Å². The second kappa shape index (κ2) is 5.15. The molecule has 21 heavy (non-hydrogen) atoms. The summed E-state index contributed by atoms with van der Waals surface area (Å²) in [6.45, 7) is 2.34. The molecule has 0 atom stereocenters. The molecular formula is C16H13BrO4. The first-order valence-electron chi connectivity index (χ1n) is 6.80. The molecule has 0 unspecified atom stereocenters. The van der Waals surface area contributed by atoms with Gasteiger partial charge in [-0.15, -0.1) is 0 Å². The van der Waals surface area contributed by atoms with Gasteiger partial charge in [-0.3, -0.25) is 0 Å². The zero-order valence-corrected chi connectivity index (χ0v) is 12.8. The number of halogens is 1. The Balaban J connectivity index is 1.79. The predicted octanol–water partition coefficient (Wildman–Crippen LogP) is 3.66. The monoisotopic (exact) mass is 348 g/mol. The molecule has 2 aliphatic heterocycles. The van der Waals surface area contributed by atoms with Crippen LogP contribution in [-0.4, -0.2) is 26.4 Å². The fraction of sp³-hybridized carbons (Fsp3) is 0.250. The van der Waals surface area contributed by atoms with E-state index in [1.54, 1.807) is 0 Å². The van der Waals surface area contributed by atoms with Gasteiger partial charge in [-0.05, 0) is 35.4 Å². The lowest BCUT2D eigenvalue weighted by atomic mass is 10.0. The molecule has 0 saturated carbocycles. The Morgan fingerprint density at radius 2 is 1.24 bits per heavy atom. The molecular weight excluding hydrogens is 336 g/mol. The van der Waals surface area contributed by atoms with Gasteiger partial charge >= 0.3 is 0 Å². The molecule has 0 spiro atoms. The summed E-state index contributed by atoms with van der Waals surface area (Å²) in [7, 11) is 0. The molecule has 108 valence electrons. The summed E-state index contributed by atoms with van der Waals surface area (Å²) in [5.41, 5.74) is 2.08. The molecule has 2 heterocycles. The van der Waals surface area contributed by atoms with Crippen molar-refractivity contribution in [1.82, 2.24) is 0 Å². The van der Waals surface area contributed by atoms with E-state index in [2.05, 4.69) is 15.9 Å². The van der Waals surface area contributed by atoms with E-state index in [4.69, 9.17) is 18.9 Å². The summed E-state index contributed by atoms with van der Waals surface area (Å²) in [5, 5.41) is 0. The molecule has 0 fully saturated rings. The number of hydrogen-bond donors (Lipinski definition) is 0. The summed E-state index contributed by atoms with van der Waals surface area (Å²) in [6, 6.07) is 9.88. The zero-order chi connectivity index (χ0) is 14.2. The molecule has 4 nitrogen and oxygen atoms in total. The lowest BCUT2D eigenvalue weighted by Gasteiger charge is -2.21. The van der Waals surface area contributed by atoms with Gasteiger partial charge in [-0.1, -0.05) is 22.0 Å². The molecule has 4 rings (SSSR count). The minimum atomic E-state index is 0.579. The summed E-state index contributed by atoms with van der Waals surface area (Å²) < 4.78 is 23.4. The quantitative estimate of drug-likeness (QED) is 0.788. The lowest BCUT2D eigenvalue weighted by molar-refractivity contribution is 0.171. The Morgan fingerprint density at radius 3 is 1.95 bits per heavy atom. The highest BCUT2D eigenvalue weighted by Crippen LogP contribution is 2.42. The van der Waals surface area contributed by atoms with Crippen molar-refractivity contribution in [2.45, 2.75) is 0 Å². The first-order chi connectivity index (χ1) is 10.3. The maximum Gasteiger partial charge on any atom is 0.162 e. The third kappa shape index (κ3) is 2.31. The number of fused-ring (bicyclic) bond motifs is 2. The van der Waals surface area contributed by atoms with Crippen LogP contribution in [0.4, 0.5) is 0 Å². The van der Waals surface area contributed by atoms with Gasteiger partial charge in [0.15, 0.2) is 23.0 Å². The summed E-state index contributed by atoms with van der Waals surface area (Å²) in [5.74, 6) is 3.11. The highest BCUT2D eigenvalue weighted by molar-refractivity contribution is 9.10. The summed E-state index contributed by atoms with van der Waals surface area (Å²) in [4.78, 5) is 0. The van der Waals surface area contributed by atoms with E-state index in [1.165, 1.54) is 0 Å². The number of ether oxygens (including phenoxy) is 4. The van der Waals surface area contributed by atoms with E-state index in [1.807, 2.05) is 30.3 Å². The zero-order valence-electron chi connectivity index (χ0n) is 11.2. The van der Waals surface area contributed by atoms with Crippen LogP contribution in [0, 0.1) is 0 Å². The molecule has 5 heteroatoms. The van der Waals surface area contributed by atoms with Gasteiger partial charge in [0, 0.05) is 4.47 Å². The topological polar surface area (TPSA) is 36.9 Å². The molecule has 2 aromatic rings. The van der Waals surface area contributed by atoms with Crippen molar-refractivity contribution >= 4 is 15.9 Å². The van der Waals surface area contributed by atoms with Crippen molar-refractivity contribution in [2.24, 2.45) is 0 Å². The molecule has 0 bridgehead atoms. The van der Waals surface area contributed by atoms with Crippen LogP contribution in [0.15, 0.2) is 34.8 Å². The highest BCUT2D eigenvalue weighted by atomic mass is 79.9. The van der Waals surface area contributed by atoms with Gasteiger partial charge < -0.3 is 18.9 Å². The molecule has 0 amide bonds. The van der Waals surface area contributed by atoms with E-state index >= 15 is 0 Å². The Kier molecular flexibility index (Phi) is 3.15. The van der Waals surface area contributed by atoms with Crippen molar-refractivity contribution in [3.05, 3.63) is 34.8 Å². The smallest absolute Gasteiger partial charge is 0.162 e. The SMILES string of the molecule is Brc1cc2c(cc1-c1ccc3c(c1)OCCO3)OCCO2. The van der Waals surface area contributed by atoms with E-state index in [-0.39, 0.29) is 0 Å². The molecule has 0 saturated heterocycles. The van der Waals surface area contributed by atoms with E-state index < -0.39 is 0 Å². The number of rotatable bonds is 1. The summed E-state index contributed by atoms with van der Waals surface area (Å²) >= 11 is 3.60. The Morgan fingerprint density at radius 1 is 0.667 bits per heavy atom. The van der Waals surface area contributed by atoms with E-state index in [0.717, 1.165) is 38.6 Å². The fourth-order valence-corrected chi connectivity index (χ4v) is 3.05. The van der Waals surface area contributed by atoms with Crippen molar-refractivity contribution in [3.63, 3.8) is 0 Å². The standard InChI is InChI=1S/C16H13BrO4/c17-12-9-16-15(20-5-6-21-16)8-11(12)10-1-2-13-14(7-10)19-4-3-18-13/h1-2,7-9H,3-6H2.